The fourth-order valence-electron chi connectivity index (χ4n) is 2.25. The second-order valence-corrected chi connectivity index (χ2v) is 4.62. The van der Waals surface area contributed by atoms with E-state index in [2.05, 4.69) is 5.32 Å². The lowest BCUT2D eigenvalue weighted by Gasteiger charge is -2.16. The van der Waals surface area contributed by atoms with Crippen LogP contribution in [0.5, 0.6) is 0 Å². The smallest absolute Gasteiger partial charge is 0.234 e. The van der Waals surface area contributed by atoms with E-state index in [4.69, 9.17) is 4.74 Å². The first-order chi connectivity index (χ1) is 7.74. The summed E-state index contributed by atoms with van der Waals surface area (Å²) in [6, 6.07) is 0. The van der Waals surface area contributed by atoms with Gasteiger partial charge >= 0.3 is 0 Å². The van der Waals surface area contributed by atoms with Crippen LogP contribution in [0, 0.1) is 0 Å². The van der Waals surface area contributed by atoms with Gasteiger partial charge in [0.1, 0.15) is 0 Å². The molecule has 0 spiro atoms. The molecule has 0 unspecified atom stereocenters. The van der Waals surface area contributed by atoms with Crippen molar-refractivity contribution in [3.8, 4) is 0 Å². The number of ether oxygens (including phenoxy) is 1. The minimum Gasteiger partial charge on any atom is -0.392 e. The number of hydrogen-bond acceptors (Lipinski definition) is 4. The molecule has 2 rings (SSSR count). The van der Waals surface area contributed by atoms with Crippen LogP contribution < -0.4 is 5.32 Å². The average molecular weight is 228 g/mol. The van der Waals surface area contributed by atoms with Gasteiger partial charge in [-0.2, -0.15) is 0 Å². The van der Waals surface area contributed by atoms with Crippen LogP contribution in [0.1, 0.15) is 19.3 Å². The van der Waals surface area contributed by atoms with E-state index >= 15 is 0 Å². The summed E-state index contributed by atoms with van der Waals surface area (Å²) in [5.74, 6) is 0.0320. The molecule has 0 aliphatic carbocycles. The van der Waals surface area contributed by atoms with Crippen molar-refractivity contribution in [1.29, 1.82) is 0 Å². The van der Waals surface area contributed by atoms with E-state index in [1.165, 1.54) is 0 Å². The second kappa shape index (κ2) is 5.61. The Labute approximate surface area is 95.8 Å². The van der Waals surface area contributed by atoms with Crippen molar-refractivity contribution in [1.82, 2.24) is 10.2 Å². The topological polar surface area (TPSA) is 61.8 Å². The highest BCUT2D eigenvalue weighted by atomic mass is 16.5. The maximum atomic E-state index is 11.6. The largest absolute Gasteiger partial charge is 0.392 e. The number of carbonyl (C=O) groups is 1. The summed E-state index contributed by atoms with van der Waals surface area (Å²) in [6.45, 7) is 3.26. The minimum atomic E-state index is -0.258. The zero-order chi connectivity index (χ0) is 11.4. The third-order valence-electron chi connectivity index (χ3n) is 3.17. The highest BCUT2D eigenvalue weighted by Gasteiger charge is 2.22. The van der Waals surface area contributed by atoms with Gasteiger partial charge in [0, 0.05) is 26.2 Å². The third kappa shape index (κ3) is 3.43. The van der Waals surface area contributed by atoms with Gasteiger partial charge in [0.15, 0.2) is 0 Å². The van der Waals surface area contributed by atoms with E-state index in [9.17, 15) is 9.90 Å². The molecular formula is C11H20N2O3. The Hall–Kier alpha value is -0.650. The number of aliphatic hydroxyl groups is 1. The molecule has 2 aliphatic heterocycles. The average Bonchev–Trinajstić information content (AvgIpc) is 2.87. The SMILES string of the molecule is O=C(CN1CC[C@@H](O)C1)NC[C@H]1CCCO1. The second-order valence-electron chi connectivity index (χ2n) is 4.62. The van der Waals surface area contributed by atoms with Crippen molar-refractivity contribution in [2.75, 3.05) is 32.8 Å². The van der Waals surface area contributed by atoms with Gasteiger partial charge in [0.25, 0.3) is 0 Å². The molecule has 5 nitrogen and oxygen atoms in total. The van der Waals surface area contributed by atoms with Gasteiger partial charge in [-0.05, 0) is 19.3 Å². The van der Waals surface area contributed by atoms with Gasteiger partial charge in [0.05, 0.1) is 18.8 Å². The molecule has 92 valence electrons. The zero-order valence-corrected chi connectivity index (χ0v) is 9.52. The first kappa shape index (κ1) is 11.8. The first-order valence-electron chi connectivity index (χ1n) is 6.03. The van der Waals surface area contributed by atoms with Crippen molar-refractivity contribution in [3.05, 3.63) is 0 Å². The lowest BCUT2D eigenvalue weighted by molar-refractivity contribution is -0.122. The summed E-state index contributed by atoms with van der Waals surface area (Å²) in [5.41, 5.74) is 0. The highest BCUT2D eigenvalue weighted by Crippen LogP contribution is 2.11. The number of nitrogens with one attached hydrogen (secondary N) is 1. The van der Waals surface area contributed by atoms with Crippen LogP contribution in [-0.2, 0) is 9.53 Å². The summed E-state index contributed by atoms with van der Waals surface area (Å²) < 4.78 is 5.42. The molecule has 0 aromatic carbocycles. The van der Waals surface area contributed by atoms with Crippen LogP contribution in [0.4, 0.5) is 0 Å². The number of carbonyl (C=O) groups excluding carboxylic acids is 1. The maximum absolute atomic E-state index is 11.6. The molecule has 2 aliphatic rings. The summed E-state index contributed by atoms with van der Waals surface area (Å²) in [5, 5.41) is 12.2. The van der Waals surface area contributed by atoms with Gasteiger partial charge < -0.3 is 15.2 Å². The molecule has 0 bridgehead atoms. The van der Waals surface area contributed by atoms with Gasteiger partial charge in [-0.15, -0.1) is 0 Å². The Bertz CT molecular complexity index is 241. The summed E-state index contributed by atoms with van der Waals surface area (Å²) in [4.78, 5) is 13.6. The molecule has 2 N–H and O–H groups in total. The van der Waals surface area contributed by atoms with E-state index in [1.54, 1.807) is 0 Å². The van der Waals surface area contributed by atoms with Gasteiger partial charge in [-0.3, -0.25) is 9.69 Å². The van der Waals surface area contributed by atoms with Crippen LogP contribution in [0.25, 0.3) is 0 Å². The van der Waals surface area contributed by atoms with Crippen LogP contribution in [-0.4, -0.2) is 60.9 Å². The van der Waals surface area contributed by atoms with Gasteiger partial charge in [-0.1, -0.05) is 0 Å². The quantitative estimate of drug-likeness (QED) is 0.671. The van der Waals surface area contributed by atoms with E-state index in [0.717, 1.165) is 32.4 Å². The Morgan fingerprint density at radius 3 is 3.00 bits per heavy atom. The number of likely N-dealkylation sites (tertiary alicyclic amines) is 1. The molecule has 0 saturated carbocycles. The lowest BCUT2D eigenvalue weighted by atomic mass is 10.2. The number of amides is 1. The summed E-state index contributed by atoms with van der Waals surface area (Å²) in [7, 11) is 0. The first-order valence-corrected chi connectivity index (χ1v) is 6.03. The van der Waals surface area contributed by atoms with Crippen LogP contribution in [0.15, 0.2) is 0 Å². The van der Waals surface area contributed by atoms with Crippen molar-refractivity contribution in [2.45, 2.75) is 31.5 Å². The van der Waals surface area contributed by atoms with E-state index in [1.807, 2.05) is 4.90 Å². The van der Waals surface area contributed by atoms with Crippen molar-refractivity contribution in [2.24, 2.45) is 0 Å². The molecule has 1 amide bonds. The number of β-amino-alcohol motifs (C(OH)–C–C–N with tert-alkyl or cyclic N) is 1. The lowest BCUT2D eigenvalue weighted by Crippen LogP contribution is -2.39. The van der Waals surface area contributed by atoms with Crippen LogP contribution in [0.2, 0.25) is 0 Å². The third-order valence-corrected chi connectivity index (χ3v) is 3.17. The molecule has 2 atom stereocenters. The molecular weight excluding hydrogens is 208 g/mol. The van der Waals surface area contributed by atoms with Crippen LogP contribution in [0.3, 0.4) is 0 Å². The number of nitrogens with zero attached hydrogens (tertiary/aromatic N) is 1. The Morgan fingerprint density at radius 2 is 2.38 bits per heavy atom. The van der Waals surface area contributed by atoms with Gasteiger partial charge in [-0.25, -0.2) is 0 Å². The molecule has 2 fully saturated rings. The zero-order valence-electron chi connectivity index (χ0n) is 9.52. The van der Waals surface area contributed by atoms with Crippen molar-refractivity contribution >= 4 is 5.91 Å². The predicted octanol–water partition coefficient (Wildman–Crippen LogP) is -0.652. The molecule has 16 heavy (non-hydrogen) atoms. The maximum Gasteiger partial charge on any atom is 0.234 e. The van der Waals surface area contributed by atoms with E-state index in [0.29, 0.717) is 19.6 Å². The fourth-order valence-corrected chi connectivity index (χ4v) is 2.25. The Kier molecular flexibility index (Phi) is 4.15. The molecule has 0 aromatic rings. The molecule has 0 radical (unpaired) electrons. The Balaban J connectivity index is 1.60. The van der Waals surface area contributed by atoms with Crippen molar-refractivity contribution in [3.63, 3.8) is 0 Å². The number of hydrogen-bond donors (Lipinski definition) is 2. The monoisotopic (exact) mass is 228 g/mol. The molecule has 0 aromatic heterocycles. The molecule has 2 saturated heterocycles. The van der Waals surface area contributed by atoms with E-state index in [-0.39, 0.29) is 18.1 Å². The minimum absolute atomic E-state index is 0.0320. The van der Waals surface area contributed by atoms with Crippen LogP contribution >= 0.6 is 0 Å². The van der Waals surface area contributed by atoms with Crippen molar-refractivity contribution < 1.29 is 14.6 Å². The normalized spacial score (nSPS) is 30.8. The van der Waals surface area contributed by atoms with Gasteiger partial charge in [0.2, 0.25) is 5.91 Å². The summed E-state index contributed by atoms with van der Waals surface area (Å²) in [6.07, 6.45) is 2.86. The highest BCUT2D eigenvalue weighted by molar-refractivity contribution is 5.78. The predicted molar refractivity (Wildman–Crippen MR) is 59.0 cm³/mol. The number of rotatable bonds is 4. The number of aliphatic hydroxyl groups excluding tert-OH is 1. The molecule has 5 heteroatoms. The van der Waals surface area contributed by atoms with E-state index < -0.39 is 0 Å². The summed E-state index contributed by atoms with van der Waals surface area (Å²) >= 11 is 0. The standard InChI is InChI=1S/C11H20N2O3/c14-9-3-4-13(7-9)8-11(15)12-6-10-2-1-5-16-10/h9-10,14H,1-8H2,(H,12,15)/t9-,10-/m1/s1. The Morgan fingerprint density at radius 1 is 1.50 bits per heavy atom. The molecule has 2 heterocycles. The fraction of sp³-hybridized carbons (Fsp3) is 0.909.